The molecule has 2 saturated heterocycles. The third-order valence-electron chi connectivity index (χ3n) is 6.36. The Morgan fingerprint density at radius 1 is 1.12 bits per heavy atom. The molecule has 0 unspecified atom stereocenters. The van der Waals surface area contributed by atoms with Crippen molar-refractivity contribution < 1.29 is 4.79 Å². The van der Waals surface area contributed by atoms with Crippen LogP contribution in [0, 0.1) is 5.92 Å². The molecule has 1 N–H and O–H groups in total. The van der Waals surface area contributed by atoms with E-state index in [0.29, 0.717) is 12.0 Å². The third kappa shape index (κ3) is 3.85. The maximum absolute atomic E-state index is 12.4. The first kappa shape index (κ1) is 17.7. The monoisotopic (exact) mass is 358 g/mol. The number of nitrogens with zero attached hydrogens (tertiary/aromatic N) is 3. The predicted octanol–water partition coefficient (Wildman–Crippen LogP) is 1.50. The number of carbonyl (C=O) groups excluding carboxylic acids is 1. The Labute approximate surface area is 155 Å². The van der Waals surface area contributed by atoms with Gasteiger partial charge in [-0.2, -0.15) is 5.10 Å². The molecule has 2 aliphatic heterocycles. The molecule has 1 aliphatic carbocycles. The zero-order valence-corrected chi connectivity index (χ0v) is 15.6. The molecule has 4 rings (SSSR count). The van der Waals surface area contributed by atoms with Gasteiger partial charge in [0.15, 0.2) is 0 Å². The van der Waals surface area contributed by atoms with Crippen molar-refractivity contribution >= 4 is 5.91 Å². The SMILES string of the molecule is O=C(Cn1nc2c(cc1=O)CCCC2)NC[C@@H]1CCCN2CCCC[C@H]12. The quantitative estimate of drug-likeness (QED) is 0.886. The van der Waals surface area contributed by atoms with Gasteiger partial charge in [-0.15, -0.1) is 0 Å². The number of nitrogens with one attached hydrogen (secondary N) is 1. The summed E-state index contributed by atoms with van der Waals surface area (Å²) in [5, 5.41) is 7.52. The van der Waals surface area contributed by atoms with Crippen LogP contribution in [0.2, 0.25) is 0 Å². The summed E-state index contributed by atoms with van der Waals surface area (Å²) in [7, 11) is 0. The zero-order valence-electron chi connectivity index (χ0n) is 15.6. The van der Waals surface area contributed by atoms with Crippen molar-refractivity contribution in [2.75, 3.05) is 19.6 Å². The molecule has 3 heterocycles. The van der Waals surface area contributed by atoms with E-state index in [4.69, 9.17) is 0 Å². The summed E-state index contributed by atoms with van der Waals surface area (Å²) in [5.74, 6) is 0.449. The Balaban J connectivity index is 1.35. The van der Waals surface area contributed by atoms with E-state index in [9.17, 15) is 9.59 Å². The largest absolute Gasteiger partial charge is 0.354 e. The van der Waals surface area contributed by atoms with Gasteiger partial charge < -0.3 is 10.2 Å². The van der Waals surface area contributed by atoms with Gasteiger partial charge in [0, 0.05) is 18.7 Å². The van der Waals surface area contributed by atoms with Gasteiger partial charge in [0.25, 0.3) is 5.56 Å². The summed E-state index contributed by atoms with van der Waals surface area (Å²) in [6, 6.07) is 2.30. The van der Waals surface area contributed by atoms with Crippen molar-refractivity contribution in [1.29, 1.82) is 0 Å². The van der Waals surface area contributed by atoms with Crippen LogP contribution in [0.4, 0.5) is 0 Å². The van der Waals surface area contributed by atoms with Crippen LogP contribution >= 0.6 is 0 Å². The lowest BCUT2D eigenvalue weighted by Gasteiger charge is -2.44. The Bertz CT molecular complexity index is 712. The van der Waals surface area contributed by atoms with E-state index in [2.05, 4.69) is 15.3 Å². The summed E-state index contributed by atoms with van der Waals surface area (Å²) in [6.07, 6.45) is 10.4. The molecule has 0 saturated carbocycles. The average molecular weight is 358 g/mol. The smallest absolute Gasteiger partial charge is 0.267 e. The minimum absolute atomic E-state index is 0.0349. The van der Waals surface area contributed by atoms with Gasteiger partial charge >= 0.3 is 0 Å². The highest BCUT2D eigenvalue weighted by Crippen LogP contribution is 2.30. The van der Waals surface area contributed by atoms with E-state index in [1.165, 1.54) is 49.9 Å². The van der Waals surface area contributed by atoms with Gasteiger partial charge in [0.2, 0.25) is 5.91 Å². The molecule has 1 aromatic heterocycles. The van der Waals surface area contributed by atoms with Crippen molar-refractivity contribution in [2.45, 2.75) is 70.4 Å². The minimum Gasteiger partial charge on any atom is -0.354 e. The second kappa shape index (κ2) is 7.91. The van der Waals surface area contributed by atoms with Crippen LogP contribution in [-0.4, -0.2) is 46.3 Å². The Morgan fingerprint density at radius 2 is 1.96 bits per heavy atom. The maximum atomic E-state index is 12.4. The van der Waals surface area contributed by atoms with Gasteiger partial charge in [-0.1, -0.05) is 6.42 Å². The summed E-state index contributed by atoms with van der Waals surface area (Å²) in [5.41, 5.74) is 1.91. The molecule has 3 aliphatic rings. The van der Waals surface area contributed by atoms with Crippen LogP contribution in [-0.2, 0) is 24.2 Å². The number of carbonyl (C=O) groups is 1. The molecule has 0 bridgehead atoms. The maximum Gasteiger partial charge on any atom is 0.267 e. The molecule has 0 spiro atoms. The van der Waals surface area contributed by atoms with Crippen LogP contribution < -0.4 is 10.9 Å². The summed E-state index contributed by atoms with van der Waals surface area (Å²) >= 11 is 0. The Morgan fingerprint density at radius 3 is 2.88 bits per heavy atom. The van der Waals surface area contributed by atoms with Gasteiger partial charge in [0.05, 0.1) is 5.69 Å². The fourth-order valence-corrected chi connectivity index (χ4v) is 4.97. The number of aromatic nitrogens is 2. The van der Waals surface area contributed by atoms with E-state index in [1.54, 1.807) is 6.07 Å². The second-order valence-electron chi connectivity index (χ2n) is 8.12. The van der Waals surface area contributed by atoms with Gasteiger partial charge in [-0.05, 0) is 75.9 Å². The van der Waals surface area contributed by atoms with Gasteiger partial charge in [0.1, 0.15) is 6.54 Å². The number of piperidine rings is 2. The van der Waals surface area contributed by atoms with Crippen molar-refractivity contribution in [1.82, 2.24) is 20.0 Å². The van der Waals surface area contributed by atoms with Gasteiger partial charge in [-0.25, -0.2) is 4.68 Å². The summed E-state index contributed by atoms with van der Waals surface area (Å²) in [4.78, 5) is 27.3. The standard InChI is InChI=1S/C20H30N4O2/c25-19(14-24-20(26)12-15-6-1-2-8-17(15)22-24)21-13-16-7-5-11-23-10-4-3-9-18(16)23/h12,16,18H,1-11,13-14H2,(H,21,25)/t16-,18+/m0/s1. The van der Waals surface area contributed by atoms with Crippen LogP contribution in [0.1, 0.15) is 56.2 Å². The molecule has 2 fully saturated rings. The average Bonchev–Trinajstić information content (AvgIpc) is 2.67. The molecule has 6 heteroatoms. The number of fused-ring (bicyclic) bond motifs is 2. The zero-order chi connectivity index (χ0) is 17.9. The van der Waals surface area contributed by atoms with Crippen LogP contribution in [0.3, 0.4) is 0 Å². The van der Waals surface area contributed by atoms with E-state index in [0.717, 1.165) is 43.5 Å². The molecule has 2 atom stereocenters. The van der Waals surface area contributed by atoms with E-state index < -0.39 is 0 Å². The van der Waals surface area contributed by atoms with Crippen LogP contribution in [0.15, 0.2) is 10.9 Å². The Kier molecular flexibility index (Phi) is 5.38. The molecule has 142 valence electrons. The van der Waals surface area contributed by atoms with Crippen molar-refractivity contribution in [3.8, 4) is 0 Å². The first-order valence-electron chi connectivity index (χ1n) is 10.3. The number of aryl methyl sites for hydroxylation is 2. The summed E-state index contributed by atoms with van der Waals surface area (Å²) < 4.78 is 1.34. The molecular weight excluding hydrogens is 328 g/mol. The Hall–Kier alpha value is -1.69. The fourth-order valence-electron chi connectivity index (χ4n) is 4.97. The second-order valence-corrected chi connectivity index (χ2v) is 8.12. The first-order valence-corrected chi connectivity index (χ1v) is 10.3. The number of rotatable bonds is 4. The van der Waals surface area contributed by atoms with Gasteiger partial charge in [-0.3, -0.25) is 9.59 Å². The molecule has 1 amide bonds. The number of amides is 1. The van der Waals surface area contributed by atoms with Crippen molar-refractivity contribution in [3.05, 3.63) is 27.7 Å². The summed E-state index contributed by atoms with van der Waals surface area (Å²) in [6.45, 7) is 3.18. The van der Waals surface area contributed by atoms with Crippen molar-refractivity contribution in [3.63, 3.8) is 0 Å². The molecule has 0 radical (unpaired) electrons. The first-order chi connectivity index (χ1) is 12.7. The van der Waals surface area contributed by atoms with Crippen molar-refractivity contribution in [2.24, 2.45) is 5.92 Å². The lowest BCUT2D eigenvalue weighted by Crippen LogP contribution is -2.51. The fraction of sp³-hybridized carbons (Fsp3) is 0.750. The number of hydrogen-bond acceptors (Lipinski definition) is 4. The lowest BCUT2D eigenvalue weighted by molar-refractivity contribution is -0.122. The highest BCUT2D eigenvalue weighted by atomic mass is 16.2. The van der Waals surface area contributed by atoms with E-state index in [-0.39, 0.29) is 18.0 Å². The molecule has 1 aromatic rings. The third-order valence-corrected chi connectivity index (χ3v) is 6.36. The molecule has 26 heavy (non-hydrogen) atoms. The van der Waals surface area contributed by atoms with E-state index in [1.807, 2.05) is 0 Å². The highest BCUT2D eigenvalue weighted by Gasteiger charge is 2.32. The highest BCUT2D eigenvalue weighted by molar-refractivity contribution is 5.75. The molecule has 0 aromatic carbocycles. The number of hydrogen-bond donors (Lipinski definition) is 1. The molecule has 6 nitrogen and oxygen atoms in total. The van der Waals surface area contributed by atoms with Crippen LogP contribution in [0.5, 0.6) is 0 Å². The van der Waals surface area contributed by atoms with Crippen LogP contribution in [0.25, 0.3) is 0 Å². The minimum atomic E-state index is -0.156. The predicted molar refractivity (Wildman–Crippen MR) is 100 cm³/mol. The lowest BCUT2D eigenvalue weighted by atomic mass is 9.83. The molecular formula is C20H30N4O2. The van der Waals surface area contributed by atoms with E-state index >= 15 is 0 Å². The normalized spacial score (nSPS) is 26.0. The topological polar surface area (TPSA) is 67.2 Å².